The maximum absolute atomic E-state index is 15.0. The van der Waals surface area contributed by atoms with E-state index in [1.165, 1.54) is 20.1 Å². The van der Waals surface area contributed by atoms with Gasteiger partial charge in [0, 0.05) is 16.7 Å². The minimum absolute atomic E-state index is 0.0261. The summed E-state index contributed by atoms with van der Waals surface area (Å²) in [5, 5.41) is 13.8. The van der Waals surface area contributed by atoms with Gasteiger partial charge in [-0.25, -0.2) is 27.2 Å². The fraction of sp³-hybridized carbons (Fsp3) is 0.440. The Morgan fingerprint density at radius 1 is 1.17 bits per heavy atom. The first-order chi connectivity index (χ1) is 17.0. The number of aryl methyl sites for hydroxylation is 1. The van der Waals surface area contributed by atoms with Crippen LogP contribution in [0.3, 0.4) is 0 Å². The van der Waals surface area contributed by atoms with Crippen LogP contribution in [0, 0.1) is 24.1 Å². The molecule has 1 N–H and O–H groups in total. The zero-order valence-corrected chi connectivity index (χ0v) is 21.3. The van der Waals surface area contributed by atoms with Gasteiger partial charge >= 0.3 is 0 Å². The molecule has 1 unspecified atom stereocenters. The zero-order valence-electron chi connectivity index (χ0n) is 20.5. The van der Waals surface area contributed by atoms with Gasteiger partial charge in [0.2, 0.25) is 5.88 Å². The number of methoxy groups -OCH3 is 1. The predicted molar refractivity (Wildman–Crippen MR) is 132 cm³/mol. The molecule has 1 saturated heterocycles. The smallest absolute Gasteiger partial charge is 0.220 e. The first kappa shape index (κ1) is 25.7. The van der Waals surface area contributed by atoms with Crippen LogP contribution in [-0.4, -0.2) is 42.0 Å². The quantitative estimate of drug-likeness (QED) is 0.504. The van der Waals surface area contributed by atoms with E-state index in [1.807, 2.05) is 0 Å². The van der Waals surface area contributed by atoms with Crippen molar-refractivity contribution in [3.63, 3.8) is 0 Å². The summed E-state index contributed by atoms with van der Waals surface area (Å²) < 4.78 is 58.5. The highest BCUT2D eigenvalue weighted by Gasteiger charge is 2.42. The summed E-state index contributed by atoms with van der Waals surface area (Å²) in [6.07, 6.45) is -1.23. The van der Waals surface area contributed by atoms with Gasteiger partial charge in [0.1, 0.15) is 33.5 Å². The molecular formula is C25H27F2N5O3S. The molecule has 2 aromatic heterocycles. The summed E-state index contributed by atoms with van der Waals surface area (Å²) in [7, 11) is -1.79. The van der Waals surface area contributed by atoms with E-state index in [-0.39, 0.29) is 41.4 Å². The molecule has 3 heterocycles. The number of pyridine rings is 1. The van der Waals surface area contributed by atoms with Gasteiger partial charge < -0.3 is 10.1 Å². The number of nitriles is 1. The van der Waals surface area contributed by atoms with E-state index >= 15 is 4.39 Å². The average molecular weight is 516 g/mol. The molecule has 1 aliphatic heterocycles. The van der Waals surface area contributed by atoms with Crippen molar-refractivity contribution in [3.05, 3.63) is 52.6 Å². The molecule has 0 amide bonds. The van der Waals surface area contributed by atoms with Crippen molar-refractivity contribution >= 4 is 26.7 Å². The van der Waals surface area contributed by atoms with Crippen molar-refractivity contribution in [1.29, 1.82) is 5.26 Å². The maximum atomic E-state index is 15.0. The van der Waals surface area contributed by atoms with Crippen LogP contribution < -0.4 is 10.1 Å². The normalized spacial score (nSPS) is 18.2. The van der Waals surface area contributed by atoms with E-state index in [4.69, 9.17) is 4.74 Å². The molecular weight excluding hydrogens is 488 g/mol. The van der Waals surface area contributed by atoms with E-state index in [0.29, 0.717) is 28.2 Å². The number of sulfone groups is 1. The van der Waals surface area contributed by atoms with Crippen LogP contribution in [0.15, 0.2) is 24.3 Å². The van der Waals surface area contributed by atoms with Crippen molar-refractivity contribution in [2.24, 2.45) is 0 Å². The standard InChI is InChI=1S/C25H27F2N5O3S/c1-14(26)17-6-5-7-18(21(17)27)15(2)29-22-19-12-20(24(35-4)32-23(19)31-16(3)30-22)25(13-28)8-10-36(33,34)11-9-25/h5-7,12,14-15H,8-11H2,1-4H3,(H,29,30,31,32)/t14?,15-/m1/s1. The van der Waals surface area contributed by atoms with E-state index < -0.39 is 33.3 Å². The number of anilines is 1. The van der Waals surface area contributed by atoms with E-state index in [0.717, 1.165) is 0 Å². The minimum atomic E-state index is -3.22. The van der Waals surface area contributed by atoms with Gasteiger partial charge in [0.25, 0.3) is 0 Å². The molecule has 11 heteroatoms. The van der Waals surface area contributed by atoms with Crippen LogP contribution in [0.5, 0.6) is 5.88 Å². The summed E-state index contributed by atoms with van der Waals surface area (Å²) >= 11 is 0. The molecule has 3 aromatic rings. The Hall–Kier alpha value is -3.39. The average Bonchev–Trinajstić information content (AvgIpc) is 2.83. The van der Waals surface area contributed by atoms with Crippen LogP contribution in [-0.2, 0) is 15.3 Å². The Kier molecular flexibility index (Phi) is 6.84. The molecule has 0 radical (unpaired) electrons. The predicted octanol–water partition coefficient (Wildman–Crippen LogP) is 4.65. The van der Waals surface area contributed by atoms with Crippen molar-refractivity contribution in [1.82, 2.24) is 15.0 Å². The molecule has 2 atom stereocenters. The molecule has 1 aromatic carbocycles. The highest BCUT2D eigenvalue weighted by molar-refractivity contribution is 7.91. The zero-order chi connectivity index (χ0) is 26.3. The molecule has 1 fully saturated rings. The number of ether oxygens (including phenoxy) is 1. The third-order valence-corrected chi connectivity index (χ3v) is 8.33. The highest BCUT2D eigenvalue weighted by atomic mass is 32.2. The summed E-state index contributed by atoms with van der Waals surface area (Å²) in [6, 6.07) is 8.01. The molecule has 190 valence electrons. The third kappa shape index (κ3) is 4.69. The van der Waals surface area contributed by atoms with E-state index in [9.17, 15) is 18.1 Å². The number of fused-ring (bicyclic) bond motifs is 1. The van der Waals surface area contributed by atoms with Gasteiger partial charge in [0.15, 0.2) is 5.65 Å². The highest BCUT2D eigenvalue weighted by Crippen LogP contribution is 2.42. The molecule has 0 saturated carbocycles. The lowest BCUT2D eigenvalue weighted by Gasteiger charge is -2.31. The van der Waals surface area contributed by atoms with Crippen LogP contribution in [0.4, 0.5) is 14.6 Å². The number of hydrogen-bond acceptors (Lipinski definition) is 8. The maximum Gasteiger partial charge on any atom is 0.220 e. The Balaban J connectivity index is 1.83. The van der Waals surface area contributed by atoms with Gasteiger partial charge in [-0.2, -0.15) is 10.2 Å². The van der Waals surface area contributed by atoms with Gasteiger partial charge in [0.05, 0.1) is 41.5 Å². The molecule has 1 aliphatic rings. The Bertz CT molecular complexity index is 1460. The molecule has 0 bridgehead atoms. The lowest BCUT2D eigenvalue weighted by atomic mass is 9.77. The van der Waals surface area contributed by atoms with Crippen molar-refractivity contribution in [2.45, 2.75) is 51.2 Å². The first-order valence-electron chi connectivity index (χ1n) is 11.5. The number of nitrogens with zero attached hydrogens (tertiary/aromatic N) is 4. The second-order valence-corrected chi connectivity index (χ2v) is 11.4. The SMILES string of the molecule is COc1nc2nc(C)nc(N[C@H](C)c3cccc(C(C)F)c3F)c2cc1C1(C#N)CCS(=O)(=O)CC1. The molecule has 8 nitrogen and oxygen atoms in total. The second-order valence-electron chi connectivity index (χ2n) is 9.11. The summed E-state index contributed by atoms with van der Waals surface area (Å²) in [4.78, 5) is 13.4. The van der Waals surface area contributed by atoms with Crippen LogP contribution in [0.1, 0.15) is 61.4 Å². The summed E-state index contributed by atoms with van der Waals surface area (Å²) in [5.74, 6) is 0.0975. The largest absolute Gasteiger partial charge is 0.481 e. The molecule has 36 heavy (non-hydrogen) atoms. The number of alkyl halides is 1. The third-order valence-electron chi connectivity index (χ3n) is 6.67. The van der Waals surface area contributed by atoms with Crippen LogP contribution >= 0.6 is 0 Å². The molecule has 0 spiro atoms. The summed E-state index contributed by atoms with van der Waals surface area (Å²) in [6.45, 7) is 4.70. The number of rotatable bonds is 6. The lowest BCUT2D eigenvalue weighted by Crippen LogP contribution is -2.36. The Morgan fingerprint density at radius 3 is 2.44 bits per heavy atom. The van der Waals surface area contributed by atoms with Crippen molar-refractivity contribution in [3.8, 4) is 11.9 Å². The van der Waals surface area contributed by atoms with Crippen LogP contribution in [0.25, 0.3) is 11.0 Å². The summed E-state index contributed by atoms with van der Waals surface area (Å²) in [5.41, 5.74) is -0.0992. The van der Waals surface area contributed by atoms with Crippen molar-refractivity contribution < 1.29 is 21.9 Å². The lowest BCUT2D eigenvalue weighted by molar-refractivity contribution is 0.360. The van der Waals surface area contributed by atoms with Gasteiger partial charge in [-0.3, -0.25) is 0 Å². The Labute approximate surface area is 208 Å². The van der Waals surface area contributed by atoms with E-state index in [1.54, 1.807) is 32.0 Å². The van der Waals surface area contributed by atoms with Gasteiger partial charge in [-0.15, -0.1) is 0 Å². The number of aromatic nitrogens is 3. The number of nitrogens with one attached hydrogen (secondary N) is 1. The van der Waals surface area contributed by atoms with Crippen molar-refractivity contribution in [2.75, 3.05) is 23.9 Å². The fourth-order valence-corrected chi connectivity index (χ4v) is 6.10. The second kappa shape index (κ2) is 9.58. The number of benzene rings is 1. The molecule has 0 aliphatic carbocycles. The Morgan fingerprint density at radius 2 is 1.83 bits per heavy atom. The molecule has 4 rings (SSSR count). The van der Waals surface area contributed by atoms with Crippen LogP contribution in [0.2, 0.25) is 0 Å². The van der Waals surface area contributed by atoms with E-state index in [2.05, 4.69) is 26.3 Å². The number of hydrogen-bond donors (Lipinski definition) is 1. The minimum Gasteiger partial charge on any atom is -0.481 e. The number of halogens is 2. The monoisotopic (exact) mass is 515 g/mol. The fourth-order valence-electron chi connectivity index (χ4n) is 4.58. The van der Waals surface area contributed by atoms with Gasteiger partial charge in [-0.05, 0) is 39.7 Å². The van der Waals surface area contributed by atoms with Gasteiger partial charge in [-0.1, -0.05) is 18.2 Å². The first-order valence-corrected chi connectivity index (χ1v) is 13.4. The topological polar surface area (TPSA) is 118 Å².